The Morgan fingerprint density at radius 3 is 2.84 bits per heavy atom. The summed E-state index contributed by atoms with van der Waals surface area (Å²) >= 11 is 0. The van der Waals surface area contributed by atoms with E-state index in [1.54, 1.807) is 13.2 Å². The van der Waals surface area contributed by atoms with Gasteiger partial charge >= 0.3 is 0 Å². The highest BCUT2D eigenvalue weighted by molar-refractivity contribution is 5.87. The highest BCUT2D eigenvalue weighted by Crippen LogP contribution is 2.59. The van der Waals surface area contributed by atoms with E-state index in [0.29, 0.717) is 42.5 Å². The van der Waals surface area contributed by atoms with E-state index in [-0.39, 0.29) is 11.2 Å². The van der Waals surface area contributed by atoms with Crippen molar-refractivity contribution >= 4 is 5.78 Å². The normalized spacial score (nSPS) is 33.6. The molecule has 2 fully saturated rings. The molecule has 3 nitrogen and oxygen atoms in total. The molecule has 4 rings (SSSR count). The molecular formula is C21H27FO3. The number of ether oxygens (including phenoxy) is 2. The molecule has 136 valence electrons. The smallest absolute Gasteiger partial charge is 0.165 e. The Bertz CT molecular complexity index is 686. The third kappa shape index (κ3) is 2.69. The first-order valence-electron chi connectivity index (χ1n) is 9.52. The Hall–Kier alpha value is -1.42. The van der Waals surface area contributed by atoms with E-state index in [1.807, 2.05) is 6.07 Å². The first-order chi connectivity index (χ1) is 12.0. The summed E-state index contributed by atoms with van der Waals surface area (Å²) < 4.78 is 25.1. The molecule has 2 saturated carbocycles. The van der Waals surface area contributed by atoms with E-state index in [4.69, 9.17) is 9.47 Å². The van der Waals surface area contributed by atoms with Crippen LogP contribution >= 0.6 is 0 Å². The van der Waals surface area contributed by atoms with Crippen LogP contribution in [0.5, 0.6) is 5.75 Å². The van der Waals surface area contributed by atoms with Crippen molar-refractivity contribution in [2.24, 2.45) is 17.3 Å². The minimum absolute atomic E-state index is 0.125. The average molecular weight is 346 g/mol. The summed E-state index contributed by atoms with van der Waals surface area (Å²) in [6, 6.07) is 3.60. The molecule has 1 aromatic carbocycles. The molecular weight excluding hydrogens is 319 g/mol. The van der Waals surface area contributed by atoms with Crippen LogP contribution in [-0.4, -0.2) is 26.1 Å². The van der Waals surface area contributed by atoms with E-state index >= 15 is 0 Å². The number of hydrogen-bond acceptors (Lipinski definition) is 3. The van der Waals surface area contributed by atoms with Crippen LogP contribution in [0.3, 0.4) is 0 Å². The third-order valence-corrected chi connectivity index (χ3v) is 7.03. The number of aryl methyl sites for hydroxylation is 1. The molecule has 1 aromatic rings. The number of rotatable bonds is 4. The molecule has 3 aliphatic carbocycles. The van der Waals surface area contributed by atoms with Gasteiger partial charge in [-0.2, -0.15) is 0 Å². The van der Waals surface area contributed by atoms with Gasteiger partial charge in [-0.3, -0.25) is 4.79 Å². The number of hydrogen-bond donors (Lipinski definition) is 0. The van der Waals surface area contributed by atoms with Crippen molar-refractivity contribution in [1.82, 2.24) is 0 Å². The zero-order chi connectivity index (χ0) is 17.6. The lowest BCUT2D eigenvalue weighted by Crippen LogP contribution is -2.42. The zero-order valence-electron chi connectivity index (χ0n) is 15.1. The van der Waals surface area contributed by atoms with E-state index in [0.717, 1.165) is 44.1 Å². The van der Waals surface area contributed by atoms with Gasteiger partial charge in [0.2, 0.25) is 0 Å². The second-order valence-corrected chi connectivity index (χ2v) is 8.16. The Labute approximate surface area is 148 Å². The van der Waals surface area contributed by atoms with Crippen LogP contribution in [0.15, 0.2) is 12.1 Å². The van der Waals surface area contributed by atoms with Crippen molar-refractivity contribution in [2.45, 2.75) is 51.4 Å². The van der Waals surface area contributed by atoms with Crippen LogP contribution in [0.1, 0.15) is 56.1 Å². The summed E-state index contributed by atoms with van der Waals surface area (Å²) in [7, 11) is 1.61. The fourth-order valence-electron chi connectivity index (χ4n) is 5.69. The highest BCUT2D eigenvalue weighted by Gasteiger charge is 2.54. The molecule has 0 heterocycles. The molecule has 4 atom stereocenters. The van der Waals surface area contributed by atoms with Crippen molar-refractivity contribution in [3.05, 3.63) is 29.1 Å². The number of fused-ring (bicyclic) bond motifs is 5. The van der Waals surface area contributed by atoms with Gasteiger partial charge in [0.25, 0.3) is 0 Å². The van der Waals surface area contributed by atoms with Crippen molar-refractivity contribution in [1.29, 1.82) is 0 Å². The summed E-state index contributed by atoms with van der Waals surface area (Å²) in [6.45, 7) is 2.99. The number of Topliss-reactive ketones (excluding diaryl/α,β-unsaturated/α-hetero) is 1. The Kier molecular flexibility index (Phi) is 4.35. The maximum Gasteiger partial charge on any atom is 0.165 e. The molecule has 0 radical (unpaired) electrons. The van der Waals surface area contributed by atoms with E-state index in [2.05, 4.69) is 6.92 Å². The van der Waals surface area contributed by atoms with E-state index in [1.165, 1.54) is 5.56 Å². The van der Waals surface area contributed by atoms with Crippen LogP contribution in [0.2, 0.25) is 0 Å². The van der Waals surface area contributed by atoms with Crippen LogP contribution in [-0.2, 0) is 16.0 Å². The van der Waals surface area contributed by atoms with Crippen molar-refractivity contribution < 1.29 is 18.7 Å². The largest absolute Gasteiger partial charge is 0.488 e. The van der Waals surface area contributed by atoms with Gasteiger partial charge in [0.1, 0.15) is 12.4 Å². The molecule has 0 bridgehead atoms. The summed E-state index contributed by atoms with van der Waals surface area (Å²) in [5.74, 6) is 1.92. The predicted molar refractivity (Wildman–Crippen MR) is 93.4 cm³/mol. The summed E-state index contributed by atoms with van der Waals surface area (Å²) in [5.41, 5.74) is 2.26. The van der Waals surface area contributed by atoms with Gasteiger partial charge in [-0.25, -0.2) is 4.39 Å². The quantitative estimate of drug-likeness (QED) is 0.764. The van der Waals surface area contributed by atoms with Crippen LogP contribution < -0.4 is 4.74 Å². The maximum absolute atomic E-state index is 14.5. The molecule has 4 heteroatoms. The van der Waals surface area contributed by atoms with Gasteiger partial charge in [-0.05, 0) is 73.1 Å². The molecule has 25 heavy (non-hydrogen) atoms. The molecule has 0 N–H and O–H groups in total. The molecule has 0 aromatic heterocycles. The summed E-state index contributed by atoms with van der Waals surface area (Å²) in [5, 5.41) is 0. The monoisotopic (exact) mass is 346 g/mol. The second-order valence-electron chi connectivity index (χ2n) is 8.16. The van der Waals surface area contributed by atoms with Gasteiger partial charge < -0.3 is 9.47 Å². The number of ketones is 1. The van der Waals surface area contributed by atoms with Crippen LogP contribution in [0.25, 0.3) is 0 Å². The van der Waals surface area contributed by atoms with Crippen LogP contribution in [0, 0.1) is 23.1 Å². The van der Waals surface area contributed by atoms with Gasteiger partial charge in [-0.15, -0.1) is 0 Å². The highest BCUT2D eigenvalue weighted by atomic mass is 19.1. The molecule has 3 aliphatic rings. The number of carbonyl (C=O) groups is 1. The van der Waals surface area contributed by atoms with Crippen molar-refractivity contribution in [3.63, 3.8) is 0 Å². The number of carbonyl (C=O) groups excluding carboxylic acids is 1. The molecule has 0 aliphatic heterocycles. The Morgan fingerprint density at radius 2 is 2.04 bits per heavy atom. The lowest BCUT2D eigenvalue weighted by atomic mass is 9.55. The van der Waals surface area contributed by atoms with E-state index < -0.39 is 0 Å². The summed E-state index contributed by atoms with van der Waals surface area (Å²) in [4.78, 5) is 12.4. The third-order valence-electron chi connectivity index (χ3n) is 7.03. The summed E-state index contributed by atoms with van der Waals surface area (Å²) in [6.07, 6.45) is 5.77. The predicted octanol–water partition coefficient (Wildman–Crippen LogP) is 4.28. The molecule has 0 amide bonds. The van der Waals surface area contributed by atoms with Gasteiger partial charge in [0, 0.05) is 18.9 Å². The fraction of sp³-hybridized carbons (Fsp3) is 0.667. The zero-order valence-corrected chi connectivity index (χ0v) is 15.1. The second kappa shape index (κ2) is 6.39. The Morgan fingerprint density at radius 1 is 1.20 bits per heavy atom. The van der Waals surface area contributed by atoms with Gasteiger partial charge in [0.05, 0.1) is 6.61 Å². The minimum atomic E-state index is -0.272. The maximum atomic E-state index is 14.5. The SMILES string of the molecule is COCCOc1cc2c(cc1F)C1CCC3(C)C(=O)CCC3C1CC2. The topological polar surface area (TPSA) is 35.5 Å². The van der Waals surface area contributed by atoms with Crippen molar-refractivity contribution in [2.75, 3.05) is 20.3 Å². The first kappa shape index (κ1) is 17.0. The first-order valence-corrected chi connectivity index (χ1v) is 9.52. The standard InChI is InChI=1S/C21H27FO3/c1-21-8-7-14-15(17(21)5-6-20(21)23)4-3-13-11-19(25-10-9-24-2)18(22)12-16(13)14/h11-12,14-15,17H,3-10H2,1-2H3. The van der Waals surface area contributed by atoms with Crippen molar-refractivity contribution in [3.8, 4) is 5.75 Å². The van der Waals surface area contributed by atoms with Crippen LogP contribution in [0.4, 0.5) is 4.39 Å². The van der Waals surface area contributed by atoms with Gasteiger partial charge in [0.15, 0.2) is 11.6 Å². The van der Waals surface area contributed by atoms with E-state index in [9.17, 15) is 9.18 Å². The van der Waals surface area contributed by atoms with Gasteiger partial charge in [-0.1, -0.05) is 6.92 Å². The number of methoxy groups -OCH3 is 1. The average Bonchev–Trinajstić information content (AvgIpc) is 2.91. The fourth-order valence-corrected chi connectivity index (χ4v) is 5.69. The lowest BCUT2D eigenvalue weighted by Gasteiger charge is -2.48. The lowest BCUT2D eigenvalue weighted by molar-refractivity contribution is -0.129. The minimum Gasteiger partial charge on any atom is -0.488 e. The molecule has 0 saturated heterocycles. The number of benzene rings is 1. The Balaban J connectivity index is 1.60. The molecule has 0 spiro atoms. The molecule has 4 unspecified atom stereocenters. The number of halogens is 1.